The Labute approximate surface area is 153 Å². The Morgan fingerprint density at radius 2 is 1.77 bits per heavy atom. The van der Waals surface area contributed by atoms with Gasteiger partial charge in [0.05, 0.1) is 0 Å². The van der Waals surface area contributed by atoms with Gasteiger partial charge >= 0.3 is 0 Å². The summed E-state index contributed by atoms with van der Waals surface area (Å²) in [6, 6.07) is 0. The van der Waals surface area contributed by atoms with Crippen molar-refractivity contribution in [1.82, 2.24) is 16.0 Å². The molecular formula is C16H35IN4O. The van der Waals surface area contributed by atoms with E-state index in [1.165, 1.54) is 25.7 Å². The molecule has 0 aromatic carbocycles. The molecule has 1 atom stereocenters. The average molecular weight is 426 g/mol. The molecule has 0 aliphatic rings. The molecule has 0 heterocycles. The topological polar surface area (TPSA) is 65.5 Å². The Hall–Kier alpha value is -0.530. The van der Waals surface area contributed by atoms with E-state index in [0.717, 1.165) is 25.5 Å². The van der Waals surface area contributed by atoms with Gasteiger partial charge in [0.15, 0.2) is 5.96 Å². The molecule has 0 fully saturated rings. The van der Waals surface area contributed by atoms with Gasteiger partial charge < -0.3 is 16.0 Å². The number of carbonyl (C=O) groups is 1. The summed E-state index contributed by atoms with van der Waals surface area (Å²) in [7, 11) is 0. The summed E-state index contributed by atoms with van der Waals surface area (Å²) in [5, 5.41) is 9.37. The molecule has 0 radical (unpaired) electrons. The summed E-state index contributed by atoms with van der Waals surface area (Å²) >= 11 is 0. The molecule has 0 saturated carbocycles. The van der Waals surface area contributed by atoms with Crippen molar-refractivity contribution in [2.24, 2.45) is 10.9 Å². The molecular weight excluding hydrogens is 391 g/mol. The predicted molar refractivity (Wildman–Crippen MR) is 106 cm³/mol. The van der Waals surface area contributed by atoms with Gasteiger partial charge in [0, 0.05) is 19.6 Å². The van der Waals surface area contributed by atoms with Crippen molar-refractivity contribution in [2.75, 3.05) is 26.2 Å². The van der Waals surface area contributed by atoms with E-state index in [9.17, 15) is 4.79 Å². The number of halogens is 1. The van der Waals surface area contributed by atoms with E-state index in [1.54, 1.807) is 0 Å². The number of amides is 1. The van der Waals surface area contributed by atoms with E-state index >= 15 is 0 Å². The molecule has 0 aliphatic heterocycles. The Bertz CT molecular complexity index is 298. The summed E-state index contributed by atoms with van der Waals surface area (Å²) in [6.07, 6.45) is 5.87. The van der Waals surface area contributed by atoms with Crippen molar-refractivity contribution in [3.8, 4) is 0 Å². The fourth-order valence-corrected chi connectivity index (χ4v) is 2.00. The van der Waals surface area contributed by atoms with E-state index in [-0.39, 0.29) is 36.4 Å². The van der Waals surface area contributed by atoms with Crippen LogP contribution in [0.3, 0.4) is 0 Å². The number of hydrogen-bond donors (Lipinski definition) is 3. The Balaban J connectivity index is 0. The molecule has 1 amide bonds. The fourth-order valence-electron chi connectivity index (χ4n) is 2.00. The first-order valence-corrected chi connectivity index (χ1v) is 8.46. The lowest BCUT2D eigenvalue weighted by Gasteiger charge is -2.17. The van der Waals surface area contributed by atoms with Crippen LogP contribution < -0.4 is 16.0 Å². The van der Waals surface area contributed by atoms with Gasteiger partial charge in [0.25, 0.3) is 0 Å². The Morgan fingerprint density at radius 3 is 2.32 bits per heavy atom. The van der Waals surface area contributed by atoms with Crippen LogP contribution in [0.5, 0.6) is 0 Å². The Morgan fingerprint density at radius 1 is 1.05 bits per heavy atom. The van der Waals surface area contributed by atoms with Crippen LogP contribution in [-0.2, 0) is 4.79 Å². The van der Waals surface area contributed by atoms with Gasteiger partial charge in [0.2, 0.25) is 5.91 Å². The zero-order valence-electron chi connectivity index (χ0n) is 14.7. The summed E-state index contributed by atoms with van der Waals surface area (Å²) in [4.78, 5) is 15.9. The van der Waals surface area contributed by atoms with Crippen LogP contribution in [0.25, 0.3) is 0 Å². The standard InChI is InChI=1S/C16H34N4O.HI/c1-5-9-10-14(7-3)12-19-16(17-8-4)20-13-15(21)18-11-6-2;/h14H,5-13H2,1-4H3,(H,18,21)(H2,17,19,20);1H. The molecule has 132 valence electrons. The van der Waals surface area contributed by atoms with Gasteiger partial charge in [0.1, 0.15) is 6.54 Å². The molecule has 5 nitrogen and oxygen atoms in total. The minimum absolute atomic E-state index is 0. The third-order valence-corrected chi connectivity index (χ3v) is 3.40. The van der Waals surface area contributed by atoms with E-state index in [2.05, 4.69) is 34.8 Å². The van der Waals surface area contributed by atoms with Gasteiger partial charge in [-0.3, -0.25) is 4.79 Å². The van der Waals surface area contributed by atoms with Crippen molar-refractivity contribution in [2.45, 2.75) is 59.8 Å². The third-order valence-electron chi connectivity index (χ3n) is 3.40. The molecule has 0 aromatic heterocycles. The number of nitrogens with one attached hydrogen (secondary N) is 3. The van der Waals surface area contributed by atoms with Gasteiger partial charge in [-0.1, -0.05) is 40.0 Å². The number of rotatable bonds is 11. The number of unbranched alkanes of at least 4 members (excludes halogenated alkanes) is 1. The van der Waals surface area contributed by atoms with E-state index in [0.29, 0.717) is 12.5 Å². The first-order valence-electron chi connectivity index (χ1n) is 8.46. The minimum Gasteiger partial charge on any atom is -0.357 e. The molecule has 0 rings (SSSR count). The first kappa shape index (κ1) is 23.7. The van der Waals surface area contributed by atoms with E-state index in [4.69, 9.17) is 0 Å². The van der Waals surface area contributed by atoms with Crippen LogP contribution in [0.4, 0.5) is 0 Å². The molecule has 6 heteroatoms. The molecule has 1 unspecified atom stereocenters. The summed E-state index contributed by atoms with van der Waals surface area (Å²) < 4.78 is 0. The van der Waals surface area contributed by atoms with Crippen LogP contribution in [0.2, 0.25) is 0 Å². The summed E-state index contributed by atoms with van der Waals surface area (Å²) in [5.74, 6) is 1.38. The van der Waals surface area contributed by atoms with Crippen molar-refractivity contribution in [3.63, 3.8) is 0 Å². The zero-order valence-corrected chi connectivity index (χ0v) is 17.0. The highest BCUT2D eigenvalue weighted by Gasteiger charge is 2.07. The van der Waals surface area contributed by atoms with E-state index < -0.39 is 0 Å². The van der Waals surface area contributed by atoms with Gasteiger partial charge in [-0.2, -0.15) is 0 Å². The molecule has 0 bridgehead atoms. The number of aliphatic imine (C=N–C) groups is 1. The van der Waals surface area contributed by atoms with Crippen molar-refractivity contribution < 1.29 is 4.79 Å². The molecule has 0 aliphatic carbocycles. The molecule has 0 spiro atoms. The van der Waals surface area contributed by atoms with Crippen LogP contribution in [0.1, 0.15) is 59.8 Å². The number of guanidine groups is 1. The van der Waals surface area contributed by atoms with Crippen LogP contribution >= 0.6 is 24.0 Å². The van der Waals surface area contributed by atoms with Crippen molar-refractivity contribution in [1.29, 1.82) is 0 Å². The first-order chi connectivity index (χ1) is 10.2. The number of carbonyl (C=O) groups excluding carboxylic acids is 1. The van der Waals surface area contributed by atoms with Crippen LogP contribution in [-0.4, -0.2) is 38.0 Å². The Kier molecular flexibility index (Phi) is 18.2. The lowest BCUT2D eigenvalue weighted by molar-refractivity contribution is -0.119. The lowest BCUT2D eigenvalue weighted by Crippen LogP contribution is -2.40. The zero-order chi connectivity index (χ0) is 15.9. The monoisotopic (exact) mass is 426 g/mol. The molecule has 0 saturated heterocycles. The number of hydrogen-bond acceptors (Lipinski definition) is 2. The van der Waals surface area contributed by atoms with E-state index in [1.807, 2.05) is 13.8 Å². The minimum atomic E-state index is -0.0212. The maximum absolute atomic E-state index is 11.6. The average Bonchev–Trinajstić information content (AvgIpc) is 2.50. The maximum atomic E-state index is 11.6. The lowest BCUT2D eigenvalue weighted by atomic mass is 9.99. The predicted octanol–water partition coefficient (Wildman–Crippen LogP) is 2.90. The molecule has 22 heavy (non-hydrogen) atoms. The highest BCUT2D eigenvalue weighted by molar-refractivity contribution is 14.0. The molecule has 0 aromatic rings. The van der Waals surface area contributed by atoms with Crippen LogP contribution in [0, 0.1) is 5.92 Å². The highest BCUT2D eigenvalue weighted by Crippen LogP contribution is 2.10. The van der Waals surface area contributed by atoms with Gasteiger partial charge in [-0.15, -0.1) is 24.0 Å². The highest BCUT2D eigenvalue weighted by atomic mass is 127. The largest absolute Gasteiger partial charge is 0.357 e. The maximum Gasteiger partial charge on any atom is 0.241 e. The second-order valence-electron chi connectivity index (χ2n) is 5.34. The fraction of sp³-hybridized carbons (Fsp3) is 0.875. The third kappa shape index (κ3) is 13.2. The van der Waals surface area contributed by atoms with Crippen molar-refractivity contribution >= 4 is 35.8 Å². The second-order valence-corrected chi connectivity index (χ2v) is 5.34. The second kappa shape index (κ2) is 16.8. The quantitative estimate of drug-likeness (QED) is 0.271. The SMILES string of the molecule is CCCCC(CC)CNC(=NCC(=O)NCCC)NCC.I. The van der Waals surface area contributed by atoms with Crippen LogP contribution in [0.15, 0.2) is 4.99 Å². The van der Waals surface area contributed by atoms with Crippen molar-refractivity contribution in [3.05, 3.63) is 0 Å². The van der Waals surface area contributed by atoms with Gasteiger partial charge in [-0.05, 0) is 25.7 Å². The number of nitrogens with zero attached hydrogens (tertiary/aromatic N) is 1. The summed E-state index contributed by atoms with van der Waals surface area (Å²) in [6.45, 7) is 11.1. The van der Waals surface area contributed by atoms with Gasteiger partial charge in [-0.25, -0.2) is 4.99 Å². The normalized spacial score (nSPS) is 12.3. The molecule has 3 N–H and O–H groups in total. The summed E-state index contributed by atoms with van der Waals surface area (Å²) in [5.41, 5.74) is 0. The smallest absolute Gasteiger partial charge is 0.241 e.